The van der Waals surface area contributed by atoms with Gasteiger partial charge in [0.15, 0.2) is 0 Å². The predicted molar refractivity (Wildman–Crippen MR) is 92.5 cm³/mol. The Bertz CT molecular complexity index is 821. The van der Waals surface area contributed by atoms with Gasteiger partial charge in [-0.3, -0.25) is 19.2 Å². The van der Waals surface area contributed by atoms with Crippen LogP contribution in [0.3, 0.4) is 0 Å². The number of fused-ring (bicyclic) bond motifs is 2. The molecular formula is C21H24O8. The van der Waals surface area contributed by atoms with E-state index in [-0.39, 0.29) is 54.1 Å². The third-order valence-electron chi connectivity index (χ3n) is 8.20. The summed E-state index contributed by atoms with van der Waals surface area (Å²) in [6.45, 7) is 1.62. The van der Waals surface area contributed by atoms with Gasteiger partial charge in [-0.05, 0) is 31.6 Å². The summed E-state index contributed by atoms with van der Waals surface area (Å²) in [6, 6.07) is 0. The summed E-state index contributed by atoms with van der Waals surface area (Å²) < 4.78 is 22.2. The lowest BCUT2D eigenvalue weighted by Gasteiger charge is -2.31. The zero-order valence-electron chi connectivity index (χ0n) is 16.2. The van der Waals surface area contributed by atoms with Crippen molar-refractivity contribution in [1.82, 2.24) is 0 Å². The molecule has 156 valence electrons. The van der Waals surface area contributed by atoms with Gasteiger partial charge in [0.05, 0.1) is 30.1 Å². The van der Waals surface area contributed by atoms with Crippen LogP contribution in [0.5, 0.6) is 0 Å². The Kier molecular flexibility index (Phi) is 3.50. The molecule has 8 heteroatoms. The molecule has 0 spiro atoms. The summed E-state index contributed by atoms with van der Waals surface area (Å²) >= 11 is 0. The minimum Gasteiger partial charge on any atom is -0.458 e. The molecule has 4 saturated carbocycles. The smallest absolute Gasteiger partial charge is 0.312 e. The number of hydrogen-bond acceptors (Lipinski definition) is 8. The normalized spacial score (nSPS) is 48.6. The van der Waals surface area contributed by atoms with E-state index in [1.54, 1.807) is 6.92 Å². The zero-order valence-corrected chi connectivity index (χ0v) is 16.2. The van der Waals surface area contributed by atoms with E-state index >= 15 is 0 Å². The Morgan fingerprint density at radius 2 is 1.97 bits per heavy atom. The first kappa shape index (κ1) is 17.7. The quantitative estimate of drug-likeness (QED) is 0.499. The van der Waals surface area contributed by atoms with Crippen LogP contribution in [0.4, 0.5) is 0 Å². The summed E-state index contributed by atoms with van der Waals surface area (Å²) in [5.74, 6) is -2.86. The second-order valence-electron chi connectivity index (χ2n) is 9.87. The van der Waals surface area contributed by atoms with Crippen LogP contribution >= 0.6 is 0 Å². The SMILES string of the molecule is CC(CC(=O)OC1C2CC3C(=O)OC1C3C2)C(=O)OC12CC3CC(C(=O)O1)C2C3. The summed E-state index contributed by atoms with van der Waals surface area (Å²) in [5, 5.41) is 0. The molecule has 0 aromatic heterocycles. The average molecular weight is 404 g/mol. The molecule has 6 rings (SSSR count). The minimum atomic E-state index is -1.13. The third kappa shape index (κ3) is 2.37. The van der Waals surface area contributed by atoms with Gasteiger partial charge in [-0.25, -0.2) is 0 Å². The van der Waals surface area contributed by atoms with Crippen molar-refractivity contribution in [1.29, 1.82) is 0 Å². The first-order chi connectivity index (χ1) is 13.8. The van der Waals surface area contributed by atoms with E-state index in [1.807, 2.05) is 0 Å². The van der Waals surface area contributed by atoms with Gasteiger partial charge >= 0.3 is 23.9 Å². The number of ether oxygens (including phenoxy) is 4. The molecule has 0 radical (unpaired) electrons. The topological polar surface area (TPSA) is 105 Å². The summed E-state index contributed by atoms with van der Waals surface area (Å²) in [6.07, 6.45) is 2.95. The largest absolute Gasteiger partial charge is 0.458 e. The Hall–Kier alpha value is -2.12. The van der Waals surface area contributed by atoms with E-state index in [4.69, 9.17) is 18.9 Å². The van der Waals surface area contributed by atoms with E-state index in [2.05, 4.69) is 0 Å². The number of carbonyl (C=O) groups excluding carboxylic acids is 4. The molecule has 2 heterocycles. The van der Waals surface area contributed by atoms with Crippen LogP contribution < -0.4 is 0 Å². The fraction of sp³-hybridized carbons (Fsp3) is 0.810. The second-order valence-corrected chi connectivity index (χ2v) is 9.87. The van der Waals surface area contributed by atoms with Crippen molar-refractivity contribution in [2.75, 3.05) is 0 Å². The fourth-order valence-electron chi connectivity index (χ4n) is 6.98. The molecule has 8 nitrogen and oxygen atoms in total. The number of hydrogen-bond donors (Lipinski definition) is 0. The predicted octanol–water partition coefficient (Wildman–Crippen LogP) is 1.35. The monoisotopic (exact) mass is 404 g/mol. The Labute approximate surface area is 167 Å². The lowest BCUT2D eigenvalue weighted by atomic mass is 9.87. The molecule has 6 fully saturated rings. The highest BCUT2D eigenvalue weighted by atomic mass is 16.7. The second kappa shape index (κ2) is 5.73. The number of esters is 4. The Balaban J connectivity index is 1.06. The molecule has 29 heavy (non-hydrogen) atoms. The fourth-order valence-corrected chi connectivity index (χ4v) is 6.98. The van der Waals surface area contributed by atoms with Crippen molar-refractivity contribution in [2.24, 2.45) is 41.4 Å². The zero-order chi connectivity index (χ0) is 20.1. The third-order valence-corrected chi connectivity index (χ3v) is 8.20. The summed E-state index contributed by atoms with van der Waals surface area (Å²) in [5.41, 5.74) is 0. The van der Waals surface area contributed by atoms with E-state index in [1.165, 1.54) is 0 Å². The molecular weight excluding hydrogens is 380 g/mol. The van der Waals surface area contributed by atoms with Crippen molar-refractivity contribution in [2.45, 2.75) is 63.4 Å². The highest BCUT2D eigenvalue weighted by Gasteiger charge is 2.68. The molecule has 6 aliphatic rings. The maximum atomic E-state index is 12.6. The molecule has 2 aliphatic heterocycles. The summed E-state index contributed by atoms with van der Waals surface area (Å²) in [4.78, 5) is 49.0. The molecule has 10 atom stereocenters. The van der Waals surface area contributed by atoms with Crippen molar-refractivity contribution >= 4 is 23.9 Å². The average Bonchev–Trinajstić information content (AvgIpc) is 3.43. The van der Waals surface area contributed by atoms with Crippen LogP contribution in [-0.2, 0) is 38.1 Å². The lowest BCUT2D eigenvalue weighted by molar-refractivity contribution is -0.225. The van der Waals surface area contributed by atoms with Crippen LogP contribution in [0, 0.1) is 41.4 Å². The van der Waals surface area contributed by atoms with Gasteiger partial charge < -0.3 is 18.9 Å². The molecule has 0 N–H and O–H groups in total. The lowest BCUT2D eigenvalue weighted by Crippen LogP contribution is -2.41. The molecule has 10 unspecified atom stereocenters. The maximum Gasteiger partial charge on any atom is 0.312 e. The van der Waals surface area contributed by atoms with Crippen LogP contribution in [0.2, 0.25) is 0 Å². The van der Waals surface area contributed by atoms with E-state index < -0.39 is 29.7 Å². The van der Waals surface area contributed by atoms with Gasteiger partial charge in [0.1, 0.15) is 12.2 Å². The molecule has 0 aromatic rings. The van der Waals surface area contributed by atoms with Gasteiger partial charge in [0.25, 0.3) is 5.79 Å². The Morgan fingerprint density at radius 1 is 1.14 bits per heavy atom. The van der Waals surface area contributed by atoms with Gasteiger partial charge in [-0.15, -0.1) is 0 Å². The number of rotatable bonds is 5. The van der Waals surface area contributed by atoms with Crippen LogP contribution in [0.25, 0.3) is 0 Å². The van der Waals surface area contributed by atoms with E-state index in [0.29, 0.717) is 18.8 Å². The highest BCUT2D eigenvalue weighted by molar-refractivity contribution is 5.82. The van der Waals surface area contributed by atoms with E-state index in [0.717, 1.165) is 19.3 Å². The van der Waals surface area contributed by atoms with Gasteiger partial charge in [-0.2, -0.15) is 0 Å². The maximum absolute atomic E-state index is 12.6. The molecule has 0 amide bonds. The molecule has 4 aliphatic carbocycles. The van der Waals surface area contributed by atoms with Gasteiger partial charge in [0.2, 0.25) is 0 Å². The van der Waals surface area contributed by atoms with Crippen molar-refractivity contribution < 1.29 is 38.1 Å². The summed E-state index contributed by atoms with van der Waals surface area (Å²) in [7, 11) is 0. The van der Waals surface area contributed by atoms with Crippen LogP contribution in [0.15, 0.2) is 0 Å². The van der Waals surface area contributed by atoms with Crippen molar-refractivity contribution in [3.63, 3.8) is 0 Å². The van der Waals surface area contributed by atoms with Crippen LogP contribution in [-0.4, -0.2) is 41.9 Å². The van der Waals surface area contributed by atoms with Gasteiger partial charge in [0, 0.05) is 18.3 Å². The van der Waals surface area contributed by atoms with Crippen molar-refractivity contribution in [3.8, 4) is 0 Å². The van der Waals surface area contributed by atoms with E-state index in [9.17, 15) is 19.2 Å². The molecule has 4 bridgehead atoms. The highest BCUT2D eigenvalue weighted by Crippen LogP contribution is 2.61. The Morgan fingerprint density at radius 3 is 2.76 bits per heavy atom. The van der Waals surface area contributed by atoms with Crippen LogP contribution in [0.1, 0.15) is 45.4 Å². The first-order valence-corrected chi connectivity index (χ1v) is 10.7. The number of carbonyl (C=O) groups is 4. The minimum absolute atomic E-state index is 0.0344. The molecule has 0 aromatic carbocycles. The van der Waals surface area contributed by atoms with Gasteiger partial charge in [-0.1, -0.05) is 6.92 Å². The molecule has 2 saturated heterocycles. The standard InChI is InChI=1S/C21H24O8/c1-8(18(23)28-21-7-9-3-13(14(21)4-9)20(25)29-21)2-15(22)26-16-10-5-11-12(6-10)19(24)27-17(11)16/h8-14,16-17H,2-7H2,1H3. The van der Waals surface area contributed by atoms with Crippen molar-refractivity contribution in [3.05, 3.63) is 0 Å². The first-order valence-electron chi connectivity index (χ1n) is 10.7.